The third-order valence-electron chi connectivity index (χ3n) is 3.62. The lowest BCUT2D eigenvalue weighted by molar-refractivity contribution is 0.101. The van der Waals surface area contributed by atoms with Crippen molar-refractivity contribution in [3.05, 3.63) is 66.4 Å². The highest BCUT2D eigenvalue weighted by Gasteiger charge is 2.18. The number of rotatable bonds is 4. The van der Waals surface area contributed by atoms with Crippen molar-refractivity contribution in [3.8, 4) is 17.2 Å². The molecule has 1 N–H and O–H groups in total. The van der Waals surface area contributed by atoms with Gasteiger partial charge in [0, 0.05) is 12.4 Å². The Morgan fingerprint density at radius 1 is 1.15 bits per heavy atom. The van der Waals surface area contributed by atoms with Crippen LogP contribution in [0.5, 0.6) is 0 Å². The molecule has 0 aromatic carbocycles. The first-order valence-electron chi connectivity index (χ1n) is 7.73. The van der Waals surface area contributed by atoms with E-state index in [9.17, 15) is 4.79 Å². The van der Waals surface area contributed by atoms with Crippen molar-refractivity contribution >= 4 is 11.9 Å². The van der Waals surface area contributed by atoms with Crippen LogP contribution >= 0.6 is 0 Å². The highest BCUT2D eigenvalue weighted by atomic mass is 16.4. The van der Waals surface area contributed by atoms with E-state index in [2.05, 4.69) is 30.6 Å². The lowest BCUT2D eigenvalue weighted by Crippen LogP contribution is -2.17. The zero-order valence-electron chi connectivity index (χ0n) is 13.7. The van der Waals surface area contributed by atoms with Gasteiger partial charge in [-0.3, -0.25) is 15.1 Å². The number of nitrogens with zero attached hydrogens (tertiary/aromatic N) is 6. The van der Waals surface area contributed by atoms with E-state index in [0.717, 1.165) is 5.56 Å². The molecule has 4 aromatic rings. The van der Waals surface area contributed by atoms with Crippen molar-refractivity contribution in [1.82, 2.24) is 29.9 Å². The van der Waals surface area contributed by atoms with E-state index in [1.165, 1.54) is 17.1 Å². The predicted octanol–water partition coefficient (Wildman–Crippen LogP) is 2.27. The highest BCUT2D eigenvalue weighted by molar-refractivity contribution is 6.02. The molecule has 0 aliphatic heterocycles. The van der Waals surface area contributed by atoms with Gasteiger partial charge in [0.2, 0.25) is 0 Å². The van der Waals surface area contributed by atoms with Crippen molar-refractivity contribution in [2.75, 3.05) is 5.32 Å². The Morgan fingerprint density at radius 2 is 2.04 bits per heavy atom. The Hall–Kier alpha value is -3.88. The summed E-state index contributed by atoms with van der Waals surface area (Å²) in [5.74, 6) is 0.0131. The summed E-state index contributed by atoms with van der Waals surface area (Å²) in [7, 11) is 0. The molecule has 0 atom stereocenters. The van der Waals surface area contributed by atoms with Crippen LogP contribution < -0.4 is 5.32 Å². The predicted molar refractivity (Wildman–Crippen MR) is 91.6 cm³/mol. The smallest absolute Gasteiger partial charge is 0.302 e. The average Bonchev–Trinajstić information content (AvgIpc) is 3.32. The lowest BCUT2D eigenvalue weighted by atomic mass is 10.2. The quantitative estimate of drug-likeness (QED) is 0.602. The number of anilines is 1. The summed E-state index contributed by atoms with van der Waals surface area (Å²) in [6.45, 7) is 1.92. The van der Waals surface area contributed by atoms with E-state index in [1.807, 2.05) is 19.1 Å². The van der Waals surface area contributed by atoms with Gasteiger partial charge in [-0.05, 0) is 30.7 Å². The largest absolute Gasteiger partial charge is 0.431 e. The van der Waals surface area contributed by atoms with Crippen LogP contribution in [0.1, 0.15) is 16.1 Å². The first-order valence-corrected chi connectivity index (χ1v) is 7.73. The van der Waals surface area contributed by atoms with Crippen molar-refractivity contribution < 1.29 is 9.21 Å². The van der Waals surface area contributed by atoms with E-state index in [4.69, 9.17) is 4.42 Å². The Labute approximate surface area is 147 Å². The van der Waals surface area contributed by atoms with Crippen molar-refractivity contribution in [3.63, 3.8) is 0 Å². The van der Waals surface area contributed by atoms with Crippen molar-refractivity contribution in [2.45, 2.75) is 6.92 Å². The van der Waals surface area contributed by atoms with Gasteiger partial charge in [-0.2, -0.15) is 9.67 Å². The molecule has 0 aliphatic rings. The molecule has 9 heteroatoms. The average molecular weight is 347 g/mol. The molecule has 0 fully saturated rings. The number of amides is 1. The summed E-state index contributed by atoms with van der Waals surface area (Å²) in [6, 6.07) is 9.11. The SMILES string of the molecule is Cc1cccnc1-c1coc(NC(=O)c2cnnn2-c2ccccn2)n1. The maximum Gasteiger partial charge on any atom is 0.302 e. The molecule has 0 aliphatic carbocycles. The number of oxazole rings is 1. The van der Waals surface area contributed by atoms with Gasteiger partial charge >= 0.3 is 6.01 Å². The van der Waals surface area contributed by atoms with Crippen LogP contribution in [-0.2, 0) is 0 Å². The minimum atomic E-state index is -0.466. The number of pyridine rings is 2. The van der Waals surface area contributed by atoms with Gasteiger partial charge in [-0.1, -0.05) is 17.3 Å². The van der Waals surface area contributed by atoms with Gasteiger partial charge in [0.05, 0.1) is 11.9 Å². The number of nitrogens with one attached hydrogen (secondary N) is 1. The highest BCUT2D eigenvalue weighted by Crippen LogP contribution is 2.22. The first-order chi connectivity index (χ1) is 12.7. The topological polar surface area (TPSA) is 112 Å². The van der Waals surface area contributed by atoms with Gasteiger partial charge < -0.3 is 4.42 Å². The molecule has 0 bridgehead atoms. The number of aromatic nitrogens is 6. The maximum atomic E-state index is 12.5. The molecule has 26 heavy (non-hydrogen) atoms. The minimum absolute atomic E-state index is 0.0591. The van der Waals surface area contributed by atoms with Crippen LogP contribution in [0.2, 0.25) is 0 Å². The molecule has 9 nitrogen and oxygen atoms in total. The monoisotopic (exact) mass is 347 g/mol. The third-order valence-corrected chi connectivity index (χ3v) is 3.62. The van der Waals surface area contributed by atoms with Crippen LogP contribution in [0, 0.1) is 6.92 Å². The number of aryl methyl sites for hydroxylation is 1. The fourth-order valence-corrected chi connectivity index (χ4v) is 2.39. The van der Waals surface area contributed by atoms with Crippen LogP contribution in [-0.4, -0.2) is 35.9 Å². The van der Waals surface area contributed by atoms with E-state index < -0.39 is 5.91 Å². The van der Waals surface area contributed by atoms with Crippen LogP contribution in [0.25, 0.3) is 17.2 Å². The summed E-state index contributed by atoms with van der Waals surface area (Å²) >= 11 is 0. The van der Waals surface area contributed by atoms with Gasteiger partial charge in [0.1, 0.15) is 12.0 Å². The molecule has 4 heterocycles. The number of hydrogen-bond donors (Lipinski definition) is 1. The van der Waals surface area contributed by atoms with E-state index in [-0.39, 0.29) is 11.7 Å². The number of hydrogen-bond acceptors (Lipinski definition) is 7. The van der Waals surface area contributed by atoms with E-state index in [0.29, 0.717) is 17.2 Å². The zero-order chi connectivity index (χ0) is 17.9. The molecule has 0 spiro atoms. The Morgan fingerprint density at radius 3 is 2.85 bits per heavy atom. The van der Waals surface area contributed by atoms with Crippen LogP contribution in [0.4, 0.5) is 6.01 Å². The van der Waals surface area contributed by atoms with Gasteiger partial charge in [-0.15, -0.1) is 5.10 Å². The van der Waals surface area contributed by atoms with Crippen LogP contribution in [0.15, 0.2) is 59.6 Å². The summed E-state index contributed by atoms with van der Waals surface area (Å²) in [5.41, 5.74) is 2.39. The van der Waals surface area contributed by atoms with Gasteiger partial charge in [0.15, 0.2) is 11.5 Å². The van der Waals surface area contributed by atoms with Crippen LogP contribution in [0.3, 0.4) is 0 Å². The standard InChI is InChI=1S/C17H13N7O2/c1-11-5-4-8-19-15(11)12-10-26-17(21-12)22-16(25)13-9-20-23-24(13)14-6-2-3-7-18-14/h2-10H,1H3,(H,21,22,25). The maximum absolute atomic E-state index is 12.5. The fourth-order valence-electron chi connectivity index (χ4n) is 2.39. The molecular weight excluding hydrogens is 334 g/mol. The van der Waals surface area contributed by atoms with Gasteiger partial charge in [-0.25, -0.2) is 4.98 Å². The molecule has 0 unspecified atom stereocenters. The Bertz CT molecular complexity index is 1060. The molecule has 4 aromatic heterocycles. The lowest BCUT2D eigenvalue weighted by Gasteiger charge is -2.04. The zero-order valence-corrected chi connectivity index (χ0v) is 13.7. The summed E-state index contributed by atoms with van der Waals surface area (Å²) in [6.07, 6.45) is 6.07. The molecule has 0 saturated carbocycles. The Balaban J connectivity index is 1.57. The molecule has 4 rings (SSSR count). The summed E-state index contributed by atoms with van der Waals surface area (Å²) < 4.78 is 6.67. The molecule has 0 saturated heterocycles. The second-order valence-electron chi connectivity index (χ2n) is 5.38. The normalized spacial score (nSPS) is 10.7. The molecule has 128 valence electrons. The number of carbonyl (C=O) groups excluding carboxylic acids is 1. The third kappa shape index (κ3) is 2.93. The molecule has 1 amide bonds. The van der Waals surface area contributed by atoms with E-state index in [1.54, 1.807) is 30.6 Å². The summed E-state index contributed by atoms with van der Waals surface area (Å²) in [5, 5.41) is 10.3. The first kappa shape index (κ1) is 15.6. The number of carbonyl (C=O) groups is 1. The van der Waals surface area contributed by atoms with Crippen molar-refractivity contribution in [2.24, 2.45) is 0 Å². The molecular formula is C17H13N7O2. The van der Waals surface area contributed by atoms with E-state index >= 15 is 0 Å². The second kappa shape index (κ2) is 6.55. The van der Waals surface area contributed by atoms with Gasteiger partial charge in [0.25, 0.3) is 5.91 Å². The van der Waals surface area contributed by atoms with Crippen molar-refractivity contribution in [1.29, 1.82) is 0 Å². The second-order valence-corrected chi connectivity index (χ2v) is 5.38. The Kier molecular flexibility index (Phi) is 3.94. The summed E-state index contributed by atoms with van der Waals surface area (Å²) in [4.78, 5) is 25.2. The molecule has 0 radical (unpaired) electrons. The minimum Gasteiger partial charge on any atom is -0.431 e. The fraction of sp³-hybridized carbons (Fsp3) is 0.0588.